The molecule has 0 saturated heterocycles. The SMILES string of the molecule is COc1cccc(-c2nnc(SC(C)C(=O)Nc3ccc(C(C)=O)cc3)n2Cc2ccco2)c1. The Morgan fingerprint density at radius 1 is 1.12 bits per heavy atom. The summed E-state index contributed by atoms with van der Waals surface area (Å²) in [6, 6.07) is 18.1. The van der Waals surface area contributed by atoms with Gasteiger partial charge in [-0.2, -0.15) is 0 Å². The number of ketones is 1. The first-order valence-electron chi connectivity index (χ1n) is 10.6. The average molecular weight is 477 g/mol. The highest BCUT2D eigenvalue weighted by atomic mass is 32.2. The van der Waals surface area contributed by atoms with E-state index < -0.39 is 5.25 Å². The maximum Gasteiger partial charge on any atom is 0.237 e. The molecule has 1 N–H and O–H groups in total. The first-order valence-corrected chi connectivity index (χ1v) is 11.5. The van der Waals surface area contributed by atoms with Gasteiger partial charge >= 0.3 is 0 Å². The molecule has 0 radical (unpaired) electrons. The van der Waals surface area contributed by atoms with Crippen LogP contribution in [0, 0.1) is 0 Å². The van der Waals surface area contributed by atoms with E-state index in [1.165, 1.54) is 18.7 Å². The molecule has 174 valence electrons. The van der Waals surface area contributed by atoms with Crippen molar-refractivity contribution in [3.05, 3.63) is 78.3 Å². The summed E-state index contributed by atoms with van der Waals surface area (Å²) in [6.45, 7) is 3.72. The zero-order chi connectivity index (χ0) is 24.1. The van der Waals surface area contributed by atoms with Crippen molar-refractivity contribution in [2.75, 3.05) is 12.4 Å². The third-order valence-electron chi connectivity index (χ3n) is 5.15. The lowest BCUT2D eigenvalue weighted by atomic mass is 10.1. The number of hydrogen-bond acceptors (Lipinski definition) is 7. The molecule has 2 aromatic heterocycles. The minimum atomic E-state index is -0.454. The van der Waals surface area contributed by atoms with Crippen LogP contribution in [0.3, 0.4) is 0 Å². The normalized spacial score (nSPS) is 11.7. The van der Waals surface area contributed by atoms with Crippen LogP contribution in [0.2, 0.25) is 0 Å². The van der Waals surface area contributed by atoms with E-state index in [0.717, 1.165) is 11.3 Å². The number of nitrogens with zero attached hydrogens (tertiary/aromatic N) is 3. The maximum absolute atomic E-state index is 12.8. The smallest absolute Gasteiger partial charge is 0.237 e. The molecule has 2 aromatic carbocycles. The second-order valence-electron chi connectivity index (χ2n) is 7.59. The number of thioether (sulfide) groups is 1. The molecule has 1 atom stereocenters. The second kappa shape index (κ2) is 10.4. The summed E-state index contributed by atoms with van der Waals surface area (Å²) in [4.78, 5) is 24.3. The first kappa shape index (κ1) is 23.3. The fourth-order valence-electron chi connectivity index (χ4n) is 3.30. The first-order chi connectivity index (χ1) is 16.4. The minimum Gasteiger partial charge on any atom is -0.497 e. The molecule has 4 aromatic rings. The molecule has 1 amide bonds. The van der Waals surface area contributed by atoms with E-state index in [1.54, 1.807) is 44.6 Å². The maximum atomic E-state index is 12.8. The van der Waals surface area contributed by atoms with Crippen molar-refractivity contribution in [3.8, 4) is 17.1 Å². The van der Waals surface area contributed by atoms with Crippen LogP contribution in [0.1, 0.15) is 30.0 Å². The Hall–Kier alpha value is -3.85. The molecule has 9 heteroatoms. The van der Waals surface area contributed by atoms with Gasteiger partial charge in [0.25, 0.3) is 0 Å². The zero-order valence-corrected chi connectivity index (χ0v) is 19.8. The standard InChI is InChI=1S/C25H24N4O4S/c1-16(30)18-9-11-20(12-10-18)26-24(31)17(2)34-25-28-27-23(19-6-4-7-21(14-19)32-3)29(25)15-22-8-5-13-33-22/h4-14,17H,15H2,1-3H3,(H,26,31). The van der Waals surface area contributed by atoms with E-state index in [2.05, 4.69) is 15.5 Å². The Labute approximate surface area is 201 Å². The molecule has 0 spiro atoms. The molecule has 0 aliphatic rings. The summed E-state index contributed by atoms with van der Waals surface area (Å²) in [5.41, 5.74) is 2.06. The van der Waals surface area contributed by atoms with Crippen LogP contribution in [0.15, 0.2) is 76.5 Å². The number of carbonyl (C=O) groups excluding carboxylic acids is 2. The fourth-order valence-corrected chi connectivity index (χ4v) is 4.14. The number of amides is 1. The summed E-state index contributed by atoms with van der Waals surface area (Å²) in [5.74, 6) is 1.89. The Bertz CT molecular complexity index is 1280. The van der Waals surface area contributed by atoms with Crippen molar-refractivity contribution in [1.29, 1.82) is 0 Å². The van der Waals surface area contributed by atoms with E-state index in [4.69, 9.17) is 9.15 Å². The molecule has 0 saturated carbocycles. The van der Waals surface area contributed by atoms with Gasteiger partial charge in [-0.3, -0.25) is 14.2 Å². The Balaban J connectivity index is 1.56. The average Bonchev–Trinajstić information content (AvgIpc) is 3.50. The Morgan fingerprint density at radius 3 is 2.59 bits per heavy atom. The summed E-state index contributed by atoms with van der Waals surface area (Å²) in [7, 11) is 1.61. The van der Waals surface area contributed by atoms with Crippen LogP contribution in [-0.2, 0) is 11.3 Å². The monoisotopic (exact) mass is 476 g/mol. The number of ether oxygens (including phenoxy) is 1. The third kappa shape index (κ3) is 5.37. The van der Waals surface area contributed by atoms with Crippen molar-refractivity contribution in [3.63, 3.8) is 0 Å². The van der Waals surface area contributed by atoms with Crippen molar-refractivity contribution >= 4 is 29.1 Å². The molecular formula is C25H24N4O4S. The quantitative estimate of drug-likeness (QED) is 0.270. The van der Waals surface area contributed by atoms with Crippen LogP contribution >= 0.6 is 11.8 Å². The molecule has 0 aliphatic carbocycles. The number of carbonyl (C=O) groups is 2. The zero-order valence-electron chi connectivity index (χ0n) is 19.0. The van der Waals surface area contributed by atoms with Crippen LogP contribution in [0.25, 0.3) is 11.4 Å². The molecule has 34 heavy (non-hydrogen) atoms. The van der Waals surface area contributed by atoms with Gasteiger partial charge in [0.05, 0.1) is 25.2 Å². The number of Topliss-reactive ketones (excluding diaryl/α,β-unsaturated/α-hetero) is 1. The van der Waals surface area contributed by atoms with Crippen LogP contribution < -0.4 is 10.1 Å². The van der Waals surface area contributed by atoms with Crippen molar-refractivity contribution in [1.82, 2.24) is 14.8 Å². The van der Waals surface area contributed by atoms with Crippen LogP contribution in [-0.4, -0.2) is 38.8 Å². The van der Waals surface area contributed by atoms with E-state index in [0.29, 0.717) is 34.5 Å². The Kier molecular flexibility index (Phi) is 7.12. The summed E-state index contributed by atoms with van der Waals surface area (Å²) >= 11 is 1.30. The number of aromatic nitrogens is 3. The molecule has 8 nitrogen and oxygen atoms in total. The van der Waals surface area contributed by atoms with Crippen molar-refractivity contribution in [2.45, 2.75) is 30.8 Å². The largest absolute Gasteiger partial charge is 0.497 e. The minimum absolute atomic E-state index is 0.0236. The van der Waals surface area contributed by atoms with Gasteiger partial charge in [-0.1, -0.05) is 23.9 Å². The van der Waals surface area contributed by atoms with Crippen molar-refractivity contribution < 1.29 is 18.7 Å². The van der Waals surface area contributed by atoms with Gasteiger partial charge in [-0.25, -0.2) is 0 Å². The van der Waals surface area contributed by atoms with E-state index in [1.807, 2.05) is 41.0 Å². The number of nitrogens with one attached hydrogen (secondary N) is 1. The van der Waals surface area contributed by atoms with Crippen LogP contribution in [0.5, 0.6) is 5.75 Å². The lowest BCUT2D eigenvalue weighted by molar-refractivity contribution is -0.115. The third-order valence-corrected chi connectivity index (χ3v) is 6.23. The molecule has 0 aliphatic heterocycles. The highest BCUT2D eigenvalue weighted by Gasteiger charge is 2.22. The number of benzene rings is 2. The topological polar surface area (TPSA) is 99.3 Å². The number of hydrogen-bond donors (Lipinski definition) is 1. The second-order valence-corrected chi connectivity index (χ2v) is 8.89. The molecule has 2 heterocycles. The number of methoxy groups -OCH3 is 1. The summed E-state index contributed by atoms with van der Waals surface area (Å²) < 4.78 is 12.8. The number of furan rings is 1. The molecular weight excluding hydrogens is 452 g/mol. The number of rotatable bonds is 9. The highest BCUT2D eigenvalue weighted by molar-refractivity contribution is 8.00. The van der Waals surface area contributed by atoms with Gasteiger partial charge in [0.15, 0.2) is 16.8 Å². The van der Waals surface area contributed by atoms with Gasteiger partial charge in [0.2, 0.25) is 5.91 Å². The molecule has 4 rings (SSSR count). The van der Waals surface area contributed by atoms with Gasteiger partial charge in [-0.05, 0) is 62.4 Å². The number of anilines is 1. The lowest BCUT2D eigenvalue weighted by Crippen LogP contribution is -2.23. The summed E-state index contributed by atoms with van der Waals surface area (Å²) in [6.07, 6.45) is 1.62. The predicted molar refractivity (Wildman–Crippen MR) is 130 cm³/mol. The van der Waals surface area contributed by atoms with Gasteiger partial charge in [0, 0.05) is 16.8 Å². The predicted octanol–water partition coefficient (Wildman–Crippen LogP) is 4.92. The molecule has 1 unspecified atom stereocenters. The highest BCUT2D eigenvalue weighted by Crippen LogP contribution is 2.30. The fraction of sp³-hybridized carbons (Fsp3) is 0.200. The van der Waals surface area contributed by atoms with Crippen molar-refractivity contribution in [2.24, 2.45) is 0 Å². The van der Waals surface area contributed by atoms with E-state index >= 15 is 0 Å². The van der Waals surface area contributed by atoms with Gasteiger partial charge in [-0.15, -0.1) is 10.2 Å². The molecule has 0 bridgehead atoms. The molecule has 0 fully saturated rings. The van der Waals surface area contributed by atoms with Gasteiger partial charge < -0.3 is 14.5 Å². The van der Waals surface area contributed by atoms with Crippen LogP contribution in [0.4, 0.5) is 5.69 Å². The van der Waals surface area contributed by atoms with E-state index in [-0.39, 0.29) is 11.7 Å². The lowest BCUT2D eigenvalue weighted by Gasteiger charge is -2.14. The Morgan fingerprint density at radius 2 is 1.91 bits per heavy atom. The summed E-state index contributed by atoms with van der Waals surface area (Å²) in [5, 5.41) is 11.8. The van der Waals surface area contributed by atoms with E-state index in [9.17, 15) is 9.59 Å². The van der Waals surface area contributed by atoms with Gasteiger partial charge in [0.1, 0.15) is 11.5 Å².